The lowest BCUT2D eigenvalue weighted by molar-refractivity contribution is -0.123. The molecule has 1 atom stereocenters. The quantitative estimate of drug-likeness (QED) is 0.822. The highest BCUT2D eigenvalue weighted by atomic mass is 35.5. The minimum atomic E-state index is -0.977. The molecule has 7 heteroatoms. The van der Waals surface area contributed by atoms with Gasteiger partial charge in [-0.25, -0.2) is 4.79 Å². The number of nitrogens with one attached hydrogen (secondary N) is 2. The second-order valence-electron chi connectivity index (χ2n) is 4.97. The number of aromatic nitrogens is 1. The largest absolute Gasteiger partial charge is 0.495 e. The van der Waals surface area contributed by atoms with Gasteiger partial charge in [-0.2, -0.15) is 0 Å². The molecule has 0 aliphatic rings. The molecule has 0 saturated carbocycles. The van der Waals surface area contributed by atoms with E-state index in [4.69, 9.17) is 21.1 Å². The number of carbonyl (C=O) groups excluding carboxylic acids is 2. The summed E-state index contributed by atoms with van der Waals surface area (Å²) in [6.45, 7) is 3.38. The van der Waals surface area contributed by atoms with Gasteiger partial charge in [-0.15, -0.1) is 0 Å². The molecule has 0 aliphatic heterocycles. The van der Waals surface area contributed by atoms with Crippen molar-refractivity contribution in [2.24, 2.45) is 0 Å². The van der Waals surface area contributed by atoms with Crippen LogP contribution in [0, 0.1) is 6.92 Å². The van der Waals surface area contributed by atoms with E-state index in [0.29, 0.717) is 16.5 Å². The molecule has 1 unspecified atom stereocenters. The Bertz CT molecular complexity index is 727. The van der Waals surface area contributed by atoms with Gasteiger partial charge in [0.2, 0.25) is 0 Å². The second-order valence-corrected chi connectivity index (χ2v) is 5.41. The van der Waals surface area contributed by atoms with E-state index in [1.54, 1.807) is 12.1 Å². The summed E-state index contributed by atoms with van der Waals surface area (Å²) in [4.78, 5) is 26.7. The normalized spacial score (nSPS) is 11.7. The summed E-state index contributed by atoms with van der Waals surface area (Å²) >= 11 is 5.73. The van der Waals surface area contributed by atoms with Crippen LogP contribution in [0.2, 0.25) is 5.02 Å². The number of aryl methyl sites for hydroxylation is 1. The third kappa shape index (κ3) is 4.26. The van der Waals surface area contributed by atoms with Gasteiger partial charge < -0.3 is 19.8 Å². The van der Waals surface area contributed by atoms with E-state index in [-0.39, 0.29) is 5.69 Å². The third-order valence-electron chi connectivity index (χ3n) is 3.13. The molecule has 0 radical (unpaired) electrons. The van der Waals surface area contributed by atoms with Gasteiger partial charge >= 0.3 is 5.97 Å². The standard InChI is InChI=1S/C16H17ClN2O4/c1-9-4-5-14(22-3)12(6-9)19-15(20)10(2)23-16(21)13-7-11(17)8-18-13/h4-8,10,18H,1-3H3,(H,19,20). The van der Waals surface area contributed by atoms with Crippen molar-refractivity contribution >= 4 is 29.2 Å². The van der Waals surface area contributed by atoms with Crippen LogP contribution in [0.5, 0.6) is 5.75 Å². The van der Waals surface area contributed by atoms with E-state index < -0.39 is 18.0 Å². The zero-order valence-electron chi connectivity index (χ0n) is 13.0. The van der Waals surface area contributed by atoms with Gasteiger partial charge in [-0.1, -0.05) is 17.7 Å². The minimum Gasteiger partial charge on any atom is -0.495 e. The van der Waals surface area contributed by atoms with E-state index in [1.807, 2.05) is 13.0 Å². The van der Waals surface area contributed by atoms with Crippen LogP contribution in [0.15, 0.2) is 30.5 Å². The van der Waals surface area contributed by atoms with Crippen molar-refractivity contribution in [1.29, 1.82) is 0 Å². The number of methoxy groups -OCH3 is 1. The highest BCUT2D eigenvalue weighted by molar-refractivity contribution is 6.30. The first kappa shape index (κ1) is 16.9. The van der Waals surface area contributed by atoms with Crippen LogP contribution < -0.4 is 10.1 Å². The molecule has 2 rings (SSSR count). The molecule has 0 fully saturated rings. The van der Waals surface area contributed by atoms with Crippen LogP contribution in [0.3, 0.4) is 0 Å². The van der Waals surface area contributed by atoms with Crippen molar-refractivity contribution < 1.29 is 19.1 Å². The molecule has 122 valence electrons. The van der Waals surface area contributed by atoms with Crippen LogP contribution in [0.25, 0.3) is 0 Å². The van der Waals surface area contributed by atoms with Crippen LogP contribution in [-0.2, 0) is 9.53 Å². The Kier molecular flexibility index (Phi) is 5.28. The lowest BCUT2D eigenvalue weighted by Gasteiger charge is -2.15. The van der Waals surface area contributed by atoms with Gasteiger partial charge in [0.05, 0.1) is 17.8 Å². The van der Waals surface area contributed by atoms with Crippen LogP contribution in [0.4, 0.5) is 5.69 Å². The van der Waals surface area contributed by atoms with Crippen LogP contribution >= 0.6 is 11.6 Å². The lowest BCUT2D eigenvalue weighted by Crippen LogP contribution is -2.30. The highest BCUT2D eigenvalue weighted by Gasteiger charge is 2.21. The summed E-state index contributed by atoms with van der Waals surface area (Å²) in [5.74, 6) is -0.589. The maximum absolute atomic E-state index is 12.2. The molecule has 1 heterocycles. The van der Waals surface area contributed by atoms with Gasteiger partial charge in [-0.3, -0.25) is 4.79 Å². The van der Waals surface area contributed by atoms with Gasteiger partial charge in [0.1, 0.15) is 11.4 Å². The monoisotopic (exact) mass is 336 g/mol. The number of anilines is 1. The second kappa shape index (κ2) is 7.19. The first-order valence-electron chi connectivity index (χ1n) is 6.91. The molecule has 1 aromatic heterocycles. The van der Waals surface area contributed by atoms with E-state index in [9.17, 15) is 9.59 Å². The molecule has 2 aromatic rings. The van der Waals surface area contributed by atoms with Gasteiger partial charge in [0, 0.05) is 6.20 Å². The minimum absolute atomic E-state index is 0.183. The molecule has 0 spiro atoms. The fourth-order valence-electron chi connectivity index (χ4n) is 1.92. The zero-order valence-corrected chi connectivity index (χ0v) is 13.7. The lowest BCUT2D eigenvalue weighted by atomic mass is 10.2. The van der Waals surface area contributed by atoms with Crippen molar-refractivity contribution in [2.75, 3.05) is 12.4 Å². The van der Waals surface area contributed by atoms with Crippen LogP contribution in [0.1, 0.15) is 23.0 Å². The Morgan fingerprint density at radius 1 is 1.30 bits per heavy atom. The Hall–Kier alpha value is -2.47. The summed E-state index contributed by atoms with van der Waals surface area (Å²) < 4.78 is 10.3. The molecule has 0 bridgehead atoms. The number of hydrogen-bond donors (Lipinski definition) is 2. The topological polar surface area (TPSA) is 80.4 Å². The fourth-order valence-corrected chi connectivity index (χ4v) is 2.08. The number of rotatable bonds is 5. The number of esters is 1. The van der Waals surface area contributed by atoms with Crippen molar-refractivity contribution in [1.82, 2.24) is 4.98 Å². The van der Waals surface area contributed by atoms with E-state index in [2.05, 4.69) is 10.3 Å². The molecule has 23 heavy (non-hydrogen) atoms. The number of ether oxygens (including phenoxy) is 2. The summed E-state index contributed by atoms with van der Waals surface area (Å²) in [5.41, 5.74) is 1.66. The predicted octanol–water partition coefficient (Wildman–Crippen LogP) is 3.17. The third-order valence-corrected chi connectivity index (χ3v) is 3.35. The van der Waals surface area contributed by atoms with Crippen molar-refractivity contribution in [3.63, 3.8) is 0 Å². The number of carbonyl (C=O) groups is 2. The van der Waals surface area contributed by atoms with Crippen molar-refractivity contribution in [3.8, 4) is 5.75 Å². The Balaban J connectivity index is 2.03. The summed E-state index contributed by atoms with van der Waals surface area (Å²) in [5, 5.41) is 3.07. The molecule has 6 nitrogen and oxygen atoms in total. The number of hydrogen-bond acceptors (Lipinski definition) is 4. The fraction of sp³-hybridized carbons (Fsp3) is 0.250. The van der Waals surface area contributed by atoms with Gasteiger partial charge in [0.25, 0.3) is 5.91 Å². The maximum atomic E-state index is 12.2. The molecular weight excluding hydrogens is 320 g/mol. The molecule has 1 amide bonds. The van der Waals surface area contributed by atoms with Crippen molar-refractivity contribution in [3.05, 3.63) is 46.7 Å². The van der Waals surface area contributed by atoms with Gasteiger partial charge in [-0.05, 0) is 37.6 Å². The Morgan fingerprint density at radius 2 is 2.04 bits per heavy atom. The average Bonchev–Trinajstić information content (AvgIpc) is 2.94. The van der Waals surface area contributed by atoms with Crippen LogP contribution in [-0.4, -0.2) is 30.1 Å². The smallest absolute Gasteiger partial charge is 0.355 e. The predicted molar refractivity (Wildman–Crippen MR) is 87.0 cm³/mol. The first-order valence-corrected chi connectivity index (χ1v) is 7.29. The number of aromatic amines is 1. The molecular formula is C16H17ClN2O4. The van der Waals surface area contributed by atoms with E-state index in [0.717, 1.165) is 5.56 Å². The number of amides is 1. The molecule has 0 saturated heterocycles. The number of H-pyrrole nitrogens is 1. The maximum Gasteiger partial charge on any atom is 0.355 e. The molecule has 1 aromatic carbocycles. The summed E-state index contributed by atoms with van der Waals surface area (Å²) in [7, 11) is 1.51. The Morgan fingerprint density at radius 3 is 2.65 bits per heavy atom. The number of halogens is 1. The highest BCUT2D eigenvalue weighted by Crippen LogP contribution is 2.25. The Labute approximate surface area is 138 Å². The molecule has 0 aliphatic carbocycles. The SMILES string of the molecule is COc1ccc(C)cc1NC(=O)C(C)OC(=O)c1cc(Cl)c[nH]1. The van der Waals surface area contributed by atoms with E-state index >= 15 is 0 Å². The summed E-state index contributed by atoms with van der Waals surface area (Å²) in [6, 6.07) is 6.82. The van der Waals surface area contributed by atoms with Crippen molar-refractivity contribution in [2.45, 2.75) is 20.0 Å². The first-order chi connectivity index (χ1) is 10.9. The van der Waals surface area contributed by atoms with Gasteiger partial charge in [0.15, 0.2) is 6.10 Å². The zero-order chi connectivity index (χ0) is 17.0. The van der Waals surface area contributed by atoms with E-state index in [1.165, 1.54) is 26.3 Å². The average molecular weight is 337 g/mol. The number of benzene rings is 1. The molecule has 2 N–H and O–H groups in total. The summed E-state index contributed by atoms with van der Waals surface area (Å²) in [6.07, 6.45) is 0.482.